The number of carbonyl (C=O) groups is 1. The van der Waals surface area contributed by atoms with Gasteiger partial charge in [0, 0.05) is 10.9 Å². The number of fused-ring (bicyclic) bond motifs is 2. The summed E-state index contributed by atoms with van der Waals surface area (Å²) in [4.78, 5) is 12.1. The Morgan fingerprint density at radius 3 is 2.84 bits per heavy atom. The van der Waals surface area contributed by atoms with Crippen LogP contribution in [0.5, 0.6) is 0 Å². The first-order chi connectivity index (χ1) is 9.11. The Morgan fingerprint density at radius 1 is 1.37 bits per heavy atom. The number of anilines is 1. The van der Waals surface area contributed by atoms with Gasteiger partial charge in [0.05, 0.1) is 5.69 Å². The third-order valence-electron chi connectivity index (χ3n) is 4.73. The van der Waals surface area contributed by atoms with E-state index < -0.39 is 0 Å². The first-order valence-corrected chi connectivity index (χ1v) is 7.97. The van der Waals surface area contributed by atoms with E-state index in [1.54, 1.807) is 0 Å². The van der Waals surface area contributed by atoms with E-state index >= 15 is 0 Å². The van der Waals surface area contributed by atoms with Gasteiger partial charge in [0.2, 0.25) is 5.91 Å². The highest BCUT2D eigenvalue weighted by Crippen LogP contribution is 2.49. The summed E-state index contributed by atoms with van der Waals surface area (Å²) < 4.78 is 0.966. The fourth-order valence-corrected chi connectivity index (χ4v) is 4.38. The maximum Gasteiger partial charge on any atom is 0.224 e. The summed E-state index contributed by atoms with van der Waals surface area (Å²) in [5.41, 5.74) is 2.08. The van der Waals surface area contributed by atoms with E-state index in [2.05, 4.69) is 21.2 Å². The zero-order valence-corrected chi connectivity index (χ0v) is 12.9. The van der Waals surface area contributed by atoms with Crippen molar-refractivity contribution in [1.82, 2.24) is 0 Å². The van der Waals surface area contributed by atoms with Gasteiger partial charge in [-0.05, 0) is 77.6 Å². The lowest BCUT2D eigenvalue weighted by atomic mass is 9.86. The molecular weight excluding hydrogens is 302 g/mol. The third kappa shape index (κ3) is 2.86. The van der Waals surface area contributed by atoms with E-state index in [1.165, 1.54) is 31.2 Å². The lowest BCUT2D eigenvalue weighted by molar-refractivity contribution is -0.117. The molecule has 1 N–H and O–H groups in total. The molecule has 2 fully saturated rings. The van der Waals surface area contributed by atoms with Crippen LogP contribution < -0.4 is 5.32 Å². The Labute approximate surface area is 123 Å². The van der Waals surface area contributed by atoms with Gasteiger partial charge in [-0.2, -0.15) is 0 Å². The summed E-state index contributed by atoms with van der Waals surface area (Å²) in [7, 11) is 0. The molecule has 3 atom stereocenters. The van der Waals surface area contributed by atoms with Crippen molar-refractivity contribution in [3.05, 3.63) is 28.2 Å². The number of amides is 1. The predicted octanol–water partition coefficient (Wildman–Crippen LogP) is 4.52. The maximum absolute atomic E-state index is 12.1. The zero-order chi connectivity index (χ0) is 13.4. The summed E-state index contributed by atoms with van der Waals surface area (Å²) in [6.45, 7) is 2.05. The molecule has 1 amide bonds. The van der Waals surface area contributed by atoms with Crippen molar-refractivity contribution in [2.45, 2.75) is 39.0 Å². The first-order valence-electron chi connectivity index (χ1n) is 7.18. The number of nitrogens with one attached hydrogen (secondary N) is 1. The molecule has 0 radical (unpaired) electrons. The Kier molecular flexibility index (Phi) is 3.66. The van der Waals surface area contributed by atoms with Gasteiger partial charge in [0.15, 0.2) is 0 Å². The minimum atomic E-state index is 0.169. The molecule has 2 aliphatic rings. The fraction of sp³-hybridized carbons (Fsp3) is 0.562. The lowest BCUT2D eigenvalue weighted by Gasteiger charge is -2.21. The fourth-order valence-electron chi connectivity index (χ4n) is 3.79. The predicted molar refractivity (Wildman–Crippen MR) is 81.1 cm³/mol. The highest BCUT2D eigenvalue weighted by atomic mass is 79.9. The van der Waals surface area contributed by atoms with E-state index in [0.717, 1.165) is 22.0 Å². The summed E-state index contributed by atoms with van der Waals surface area (Å²) in [6, 6.07) is 6.03. The molecule has 102 valence electrons. The molecule has 3 heteroatoms. The number of hydrogen-bond acceptors (Lipinski definition) is 1. The summed E-state index contributed by atoms with van der Waals surface area (Å²) in [5.74, 6) is 2.52. The van der Waals surface area contributed by atoms with Crippen LogP contribution in [0.1, 0.15) is 37.7 Å². The van der Waals surface area contributed by atoms with E-state index in [1.807, 2.05) is 25.1 Å². The van der Waals surface area contributed by atoms with Gasteiger partial charge in [0.1, 0.15) is 0 Å². The average Bonchev–Trinajstić information content (AvgIpc) is 2.95. The molecular formula is C16H20BrNO. The minimum Gasteiger partial charge on any atom is -0.325 e. The zero-order valence-electron chi connectivity index (χ0n) is 11.3. The number of aryl methyl sites for hydroxylation is 1. The Bertz CT molecular complexity index is 500. The number of halogens is 1. The summed E-state index contributed by atoms with van der Waals surface area (Å²) in [5, 5.41) is 3.04. The van der Waals surface area contributed by atoms with E-state index in [9.17, 15) is 4.79 Å². The van der Waals surface area contributed by atoms with Gasteiger partial charge < -0.3 is 5.32 Å². The van der Waals surface area contributed by atoms with Crippen LogP contribution in [0.4, 0.5) is 5.69 Å². The molecule has 2 aliphatic carbocycles. The monoisotopic (exact) mass is 321 g/mol. The van der Waals surface area contributed by atoms with Crippen LogP contribution >= 0.6 is 15.9 Å². The number of rotatable bonds is 3. The summed E-state index contributed by atoms with van der Waals surface area (Å²) >= 11 is 3.51. The molecule has 0 aliphatic heterocycles. The largest absolute Gasteiger partial charge is 0.325 e. The van der Waals surface area contributed by atoms with Crippen molar-refractivity contribution in [2.75, 3.05) is 5.32 Å². The molecule has 0 aromatic heterocycles. The van der Waals surface area contributed by atoms with Crippen molar-refractivity contribution in [3.8, 4) is 0 Å². The third-order valence-corrected chi connectivity index (χ3v) is 5.39. The van der Waals surface area contributed by atoms with Crippen molar-refractivity contribution >= 4 is 27.5 Å². The first kappa shape index (κ1) is 13.2. The van der Waals surface area contributed by atoms with Gasteiger partial charge >= 0.3 is 0 Å². The quantitative estimate of drug-likeness (QED) is 0.871. The molecule has 2 bridgehead atoms. The van der Waals surface area contributed by atoms with Crippen LogP contribution in [0, 0.1) is 24.7 Å². The van der Waals surface area contributed by atoms with Crippen molar-refractivity contribution < 1.29 is 4.79 Å². The normalized spacial score (nSPS) is 28.6. The standard InChI is InChI=1S/C16H20BrNO/c1-10-2-5-15(14(17)6-10)18-16(19)9-13-8-11-3-4-12(13)7-11/h2,5-6,11-13H,3-4,7-9H2,1H3,(H,18,19)/t11-,12-,13+/m1/s1. The average molecular weight is 322 g/mol. The molecule has 2 nitrogen and oxygen atoms in total. The molecule has 1 aromatic rings. The number of carbonyl (C=O) groups excluding carboxylic acids is 1. The molecule has 2 saturated carbocycles. The smallest absolute Gasteiger partial charge is 0.224 e. The van der Waals surface area contributed by atoms with Crippen LogP contribution in [0.15, 0.2) is 22.7 Å². The molecule has 0 unspecified atom stereocenters. The summed E-state index contributed by atoms with van der Waals surface area (Å²) in [6.07, 6.45) is 6.07. The number of hydrogen-bond donors (Lipinski definition) is 1. The van der Waals surface area contributed by atoms with Crippen molar-refractivity contribution in [3.63, 3.8) is 0 Å². The molecule has 1 aromatic carbocycles. The highest BCUT2D eigenvalue weighted by Gasteiger charge is 2.40. The Balaban J connectivity index is 1.59. The molecule has 19 heavy (non-hydrogen) atoms. The van der Waals surface area contributed by atoms with Crippen LogP contribution in [0.3, 0.4) is 0 Å². The second-order valence-electron chi connectivity index (χ2n) is 6.17. The Hall–Kier alpha value is -0.830. The van der Waals surface area contributed by atoms with Gasteiger partial charge in [0.25, 0.3) is 0 Å². The van der Waals surface area contributed by atoms with Crippen molar-refractivity contribution in [2.24, 2.45) is 17.8 Å². The molecule has 0 spiro atoms. The van der Waals surface area contributed by atoms with E-state index in [4.69, 9.17) is 0 Å². The van der Waals surface area contributed by atoms with E-state index in [-0.39, 0.29) is 5.91 Å². The Morgan fingerprint density at radius 2 is 2.21 bits per heavy atom. The maximum atomic E-state index is 12.1. The van der Waals surface area contributed by atoms with Gasteiger partial charge in [-0.1, -0.05) is 12.5 Å². The number of benzene rings is 1. The second-order valence-corrected chi connectivity index (χ2v) is 7.02. The molecule has 3 rings (SSSR count). The second kappa shape index (κ2) is 5.28. The molecule has 0 heterocycles. The van der Waals surface area contributed by atoms with Gasteiger partial charge in [-0.25, -0.2) is 0 Å². The van der Waals surface area contributed by atoms with E-state index in [0.29, 0.717) is 12.3 Å². The lowest BCUT2D eigenvalue weighted by Crippen LogP contribution is -2.20. The molecule has 0 saturated heterocycles. The SMILES string of the molecule is Cc1ccc(NC(=O)C[C@@H]2C[C@@H]3CC[C@@H]2C3)c(Br)c1. The van der Waals surface area contributed by atoms with Crippen molar-refractivity contribution in [1.29, 1.82) is 0 Å². The topological polar surface area (TPSA) is 29.1 Å². The highest BCUT2D eigenvalue weighted by molar-refractivity contribution is 9.10. The van der Waals surface area contributed by atoms with Gasteiger partial charge in [-0.3, -0.25) is 4.79 Å². The van der Waals surface area contributed by atoms with Crippen LogP contribution in [0.25, 0.3) is 0 Å². The van der Waals surface area contributed by atoms with Crippen LogP contribution in [-0.2, 0) is 4.79 Å². The van der Waals surface area contributed by atoms with Crippen LogP contribution in [-0.4, -0.2) is 5.91 Å². The minimum absolute atomic E-state index is 0.169. The van der Waals surface area contributed by atoms with Crippen LogP contribution in [0.2, 0.25) is 0 Å². The van der Waals surface area contributed by atoms with Gasteiger partial charge in [-0.15, -0.1) is 0 Å².